The summed E-state index contributed by atoms with van der Waals surface area (Å²) in [4.78, 5) is 24.4. The van der Waals surface area contributed by atoms with Gasteiger partial charge in [-0.1, -0.05) is 0 Å². The van der Waals surface area contributed by atoms with Crippen LogP contribution in [0.5, 0.6) is 0 Å². The summed E-state index contributed by atoms with van der Waals surface area (Å²) in [6, 6.07) is 9.15. The summed E-state index contributed by atoms with van der Waals surface area (Å²) in [5.41, 5.74) is 6.35. The number of rotatable bonds is 8. The molecule has 0 fully saturated rings. The molecule has 0 saturated heterocycles. The van der Waals surface area contributed by atoms with Crippen molar-refractivity contribution in [1.29, 1.82) is 0 Å². The van der Waals surface area contributed by atoms with Gasteiger partial charge in [-0.2, -0.15) is 15.0 Å². The van der Waals surface area contributed by atoms with E-state index in [-0.39, 0.29) is 35.4 Å². The largest absolute Gasteiger partial charge is 0.467 e. The highest BCUT2D eigenvalue weighted by molar-refractivity contribution is 7.99. The molecule has 2 aromatic heterocycles. The highest BCUT2D eigenvalue weighted by Gasteiger charge is 2.12. The number of aromatic nitrogens is 3. The van der Waals surface area contributed by atoms with Crippen LogP contribution in [0.2, 0.25) is 0 Å². The molecule has 3 rings (SSSR count). The fraction of sp³-hybridized carbons (Fsp3) is 0.222. The second-order valence-electron chi connectivity index (χ2n) is 5.86. The van der Waals surface area contributed by atoms with Crippen LogP contribution in [0.3, 0.4) is 0 Å². The van der Waals surface area contributed by atoms with Gasteiger partial charge in [0.1, 0.15) is 17.4 Å². The Balaban J connectivity index is 1.52. The molecule has 10 heteroatoms. The van der Waals surface area contributed by atoms with Gasteiger partial charge in [-0.25, -0.2) is 4.39 Å². The lowest BCUT2D eigenvalue weighted by atomic mass is 10.2. The van der Waals surface area contributed by atoms with Crippen LogP contribution in [0.25, 0.3) is 0 Å². The number of nitrogens with zero attached hydrogens (tertiary/aromatic N) is 3. The number of nitrogens with two attached hydrogens (primary N) is 1. The summed E-state index contributed by atoms with van der Waals surface area (Å²) in [6.45, 7) is 1.85. The van der Waals surface area contributed by atoms with Gasteiger partial charge in [-0.05, 0) is 43.3 Å². The molecular formula is C18H19FN6O2S. The van der Waals surface area contributed by atoms with Crippen molar-refractivity contribution in [1.82, 2.24) is 20.3 Å². The number of hydrogen-bond acceptors (Lipinski definition) is 8. The quantitative estimate of drug-likeness (QED) is 0.526. The normalized spacial score (nSPS) is 11.8. The molecule has 1 unspecified atom stereocenters. The first-order chi connectivity index (χ1) is 13.5. The first-order valence-electron chi connectivity index (χ1n) is 8.43. The molecule has 146 valence electrons. The Labute approximate surface area is 165 Å². The minimum Gasteiger partial charge on any atom is -0.467 e. The number of nitrogen functional groups attached to an aromatic ring is 1. The maximum absolute atomic E-state index is 13.0. The van der Waals surface area contributed by atoms with Gasteiger partial charge in [-0.15, -0.1) is 11.8 Å². The van der Waals surface area contributed by atoms with Crippen molar-refractivity contribution in [2.75, 3.05) is 16.8 Å². The third-order valence-corrected chi connectivity index (χ3v) is 4.54. The second kappa shape index (κ2) is 9.18. The van der Waals surface area contributed by atoms with E-state index in [0.717, 1.165) is 0 Å². The number of thioether (sulfide) groups is 1. The number of nitrogens with one attached hydrogen (secondary N) is 2. The topological polar surface area (TPSA) is 119 Å². The third kappa shape index (κ3) is 5.68. The molecule has 3 aromatic rings. The number of halogens is 1. The molecule has 28 heavy (non-hydrogen) atoms. The highest BCUT2D eigenvalue weighted by Crippen LogP contribution is 2.17. The monoisotopic (exact) mass is 402 g/mol. The molecule has 1 atom stereocenters. The zero-order chi connectivity index (χ0) is 19.9. The van der Waals surface area contributed by atoms with Crippen molar-refractivity contribution in [3.05, 3.63) is 60.1 Å². The van der Waals surface area contributed by atoms with E-state index in [1.54, 1.807) is 30.5 Å². The van der Waals surface area contributed by atoms with E-state index in [1.165, 1.54) is 23.9 Å². The second-order valence-corrected chi connectivity index (χ2v) is 6.85. The van der Waals surface area contributed by atoms with E-state index in [1.807, 2.05) is 6.92 Å². The van der Waals surface area contributed by atoms with Crippen LogP contribution in [0.4, 0.5) is 22.0 Å². The summed E-state index contributed by atoms with van der Waals surface area (Å²) < 4.78 is 18.2. The molecule has 0 bridgehead atoms. The minimum absolute atomic E-state index is 0.0612. The number of furan rings is 1. The van der Waals surface area contributed by atoms with Crippen LogP contribution in [0.1, 0.15) is 24.6 Å². The van der Waals surface area contributed by atoms with Gasteiger partial charge >= 0.3 is 0 Å². The van der Waals surface area contributed by atoms with Crippen molar-refractivity contribution >= 4 is 35.3 Å². The molecule has 1 amide bonds. The Morgan fingerprint density at radius 3 is 2.75 bits per heavy atom. The standard InChI is InChI=1S/C18H19FN6O2S/c1-11(14-3-2-8-27-14)21-16(26)10-28-9-15-23-17(20)25-18(24-15)22-13-6-4-12(19)5-7-13/h2-8,11H,9-10H2,1H3,(H,21,26)(H3,20,22,23,24,25). The molecule has 0 saturated carbocycles. The fourth-order valence-corrected chi connectivity index (χ4v) is 3.03. The van der Waals surface area contributed by atoms with E-state index in [2.05, 4.69) is 25.6 Å². The molecule has 0 aliphatic rings. The average Bonchev–Trinajstić information content (AvgIpc) is 3.18. The lowest BCUT2D eigenvalue weighted by Crippen LogP contribution is -2.28. The van der Waals surface area contributed by atoms with Gasteiger partial charge < -0.3 is 20.8 Å². The first-order valence-corrected chi connectivity index (χ1v) is 9.58. The maximum Gasteiger partial charge on any atom is 0.232 e. The van der Waals surface area contributed by atoms with E-state index < -0.39 is 0 Å². The van der Waals surface area contributed by atoms with Gasteiger partial charge in [0.05, 0.1) is 23.8 Å². The summed E-state index contributed by atoms with van der Waals surface area (Å²) >= 11 is 1.35. The lowest BCUT2D eigenvalue weighted by Gasteiger charge is -2.11. The Morgan fingerprint density at radius 1 is 1.25 bits per heavy atom. The maximum atomic E-state index is 13.0. The predicted octanol–water partition coefficient (Wildman–Crippen LogP) is 3.04. The Kier molecular flexibility index (Phi) is 6.43. The number of anilines is 3. The van der Waals surface area contributed by atoms with Crippen molar-refractivity contribution in [3.8, 4) is 0 Å². The van der Waals surface area contributed by atoms with Crippen LogP contribution in [-0.4, -0.2) is 26.6 Å². The molecule has 4 N–H and O–H groups in total. The Bertz CT molecular complexity index is 920. The van der Waals surface area contributed by atoms with Crippen molar-refractivity contribution < 1.29 is 13.6 Å². The van der Waals surface area contributed by atoms with Crippen LogP contribution in [0, 0.1) is 5.82 Å². The summed E-state index contributed by atoms with van der Waals surface area (Å²) in [7, 11) is 0. The van der Waals surface area contributed by atoms with Crippen LogP contribution in [0.15, 0.2) is 47.1 Å². The van der Waals surface area contributed by atoms with E-state index in [0.29, 0.717) is 23.0 Å². The van der Waals surface area contributed by atoms with E-state index >= 15 is 0 Å². The molecule has 0 aliphatic carbocycles. The van der Waals surface area contributed by atoms with Crippen molar-refractivity contribution in [2.24, 2.45) is 0 Å². The zero-order valence-corrected chi connectivity index (χ0v) is 15.9. The first kappa shape index (κ1) is 19.6. The lowest BCUT2D eigenvalue weighted by molar-refractivity contribution is -0.119. The smallest absolute Gasteiger partial charge is 0.232 e. The Hall–Kier alpha value is -3.14. The zero-order valence-electron chi connectivity index (χ0n) is 15.1. The van der Waals surface area contributed by atoms with E-state index in [4.69, 9.17) is 10.2 Å². The highest BCUT2D eigenvalue weighted by atomic mass is 32.2. The molecule has 0 aliphatic heterocycles. The van der Waals surface area contributed by atoms with Crippen molar-refractivity contribution in [2.45, 2.75) is 18.7 Å². The summed E-state index contributed by atoms with van der Waals surface area (Å²) in [5.74, 6) is 1.61. The van der Waals surface area contributed by atoms with E-state index in [9.17, 15) is 9.18 Å². The van der Waals surface area contributed by atoms with Gasteiger partial charge in [0.15, 0.2) is 0 Å². The summed E-state index contributed by atoms with van der Waals surface area (Å²) in [5, 5.41) is 5.80. The minimum atomic E-state index is -0.336. The molecule has 0 spiro atoms. The SMILES string of the molecule is CC(NC(=O)CSCc1nc(N)nc(Nc2ccc(F)cc2)n1)c1ccco1. The number of hydrogen-bond donors (Lipinski definition) is 3. The number of carbonyl (C=O) groups is 1. The number of carbonyl (C=O) groups excluding carboxylic acids is 1. The number of benzene rings is 1. The van der Waals surface area contributed by atoms with Gasteiger partial charge in [0, 0.05) is 5.69 Å². The fourth-order valence-electron chi connectivity index (χ4n) is 2.35. The van der Waals surface area contributed by atoms with Gasteiger partial charge in [0.25, 0.3) is 0 Å². The predicted molar refractivity (Wildman–Crippen MR) is 105 cm³/mol. The van der Waals surface area contributed by atoms with Crippen molar-refractivity contribution in [3.63, 3.8) is 0 Å². The number of amides is 1. The van der Waals surface area contributed by atoms with Crippen LogP contribution >= 0.6 is 11.8 Å². The average molecular weight is 402 g/mol. The molecule has 0 radical (unpaired) electrons. The van der Waals surface area contributed by atoms with Crippen LogP contribution < -0.4 is 16.4 Å². The molecule has 1 aromatic carbocycles. The third-order valence-electron chi connectivity index (χ3n) is 3.61. The van der Waals surface area contributed by atoms with Gasteiger partial charge in [0.2, 0.25) is 17.8 Å². The Morgan fingerprint density at radius 2 is 2.04 bits per heavy atom. The molecule has 8 nitrogen and oxygen atoms in total. The molecule has 2 heterocycles. The van der Waals surface area contributed by atoms with Gasteiger partial charge in [-0.3, -0.25) is 4.79 Å². The summed E-state index contributed by atoms with van der Waals surface area (Å²) in [6.07, 6.45) is 1.56. The van der Waals surface area contributed by atoms with Crippen LogP contribution in [-0.2, 0) is 10.5 Å². The molecular weight excluding hydrogens is 383 g/mol.